The van der Waals surface area contributed by atoms with Crippen molar-refractivity contribution in [1.29, 1.82) is 0 Å². The third-order valence-electron chi connectivity index (χ3n) is 4.83. The number of hydrogen-bond acceptors (Lipinski definition) is 5. The Bertz CT molecular complexity index is 720. The summed E-state index contributed by atoms with van der Waals surface area (Å²) in [5, 5.41) is 12.2. The number of ether oxygens (including phenoxy) is 1. The highest BCUT2D eigenvalue weighted by atomic mass is 32.2. The van der Waals surface area contributed by atoms with Gasteiger partial charge in [0.15, 0.2) is 11.0 Å². The number of aromatic nitrogens is 3. The SMILES string of the molecule is CC1CCCCC1NC(=O)CSc1nnc(COc2ccccc2)n1C. The van der Waals surface area contributed by atoms with E-state index < -0.39 is 0 Å². The number of nitrogens with one attached hydrogen (secondary N) is 1. The van der Waals surface area contributed by atoms with Crippen LogP contribution in [0, 0.1) is 5.92 Å². The number of rotatable bonds is 7. The molecule has 1 aliphatic rings. The summed E-state index contributed by atoms with van der Waals surface area (Å²) in [5.41, 5.74) is 0. The molecule has 1 aromatic heterocycles. The Morgan fingerprint density at radius 1 is 1.27 bits per heavy atom. The number of hydrogen-bond donors (Lipinski definition) is 1. The lowest BCUT2D eigenvalue weighted by molar-refractivity contribution is -0.119. The number of carbonyl (C=O) groups is 1. The number of benzene rings is 1. The molecule has 1 fully saturated rings. The first-order chi connectivity index (χ1) is 12.6. The van der Waals surface area contributed by atoms with Crippen LogP contribution in [-0.4, -0.2) is 32.5 Å². The molecule has 2 atom stereocenters. The Labute approximate surface area is 158 Å². The predicted octanol–water partition coefficient (Wildman–Crippen LogP) is 3.18. The fraction of sp³-hybridized carbons (Fsp3) is 0.526. The van der Waals surface area contributed by atoms with Gasteiger partial charge < -0.3 is 14.6 Å². The Kier molecular flexibility index (Phi) is 6.55. The average molecular weight is 375 g/mol. The van der Waals surface area contributed by atoms with Crippen LogP contribution in [-0.2, 0) is 18.4 Å². The highest BCUT2D eigenvalue weighted by Gasteiger charge is 2.23. The van der Waals surface area contributed by atoms with Gasteiger partial charge in [-0.3, -0.25) is 4.79 Å². The second kappa shape index (κ2) is 9.07. The van der Waals surface area contributed by atoms with Gasteiger partial charge in [-0.25, -0.2) is 0 Å². The van der Waals surface area contributed by atoms with Gasteiger partial charge in [0.1, 0.15) is 12.4 Å². The molecule has 0 spiro atoms. The summed E-state index contributed by atoms with van der Waals surface area (Å²) in [4.78, 5) is 12.2. The van der Waals surface area contributed by atoms with Gasteiger partial charge in [0.2, 0.25) is 5.91 Å². The molecule has 1 heterocycles. The maximum atomic E-state index is 12.2. The standard InChI is InChI=1S/C19H26N4O2S/c1-14-8-6-7-11-16(14)20-18(24)13-26-19-22-21-17(23(19)2)12-25-15-9-4-3-5-10-15/h3-5,9-10,14,16H,6-8,11-13H2,1-2H3,(H,20,24). The summed E-state index contributed by atoms with van der Waals surface area (Å²) in [6.45, 7) is 2.57. The van der Waals surface area contributed by atoms with Gasteiger partial charge in [-0.15, -0.1) is 10.2 Å². The molecule has 3 rings (SSSR count). The summed E-state index contributed by atoms with van der Waals surface area (Å²) in [5.74, 6) is 2.52. The first kappa shape index (κ1) is 18.8. The van der Waals surface area contributed by atoms with Gasteiger partial charge in [-0.05, 0) is 30.9 Å². The van der Waals surface area contributed by atoms with E-state index in [1.165, 1.54) is 31.0 Å². The largest absolute Gasteiger partial charge is 0.486 e. The minimum absolute atomic E-state index is 0.0684. The normalized spacial score (nSPS) is 19.9. The fourth-order valence-electron chi connectivity index (χ4n) is 3.17. The van der Waals surface area contributed by atoms with E-state index in [0.717, 1.165) is 23.2 Å². The van der Waals surface area contributed by atoms with Gasteiger partial charge in [0.25, 0.3) is 0 Å². The van der Waals surface area contributed by atoms with Crippen LogP contribution in [0.1, 0.15) is 38.4 Å². The molecular formula is C19H26N4O2S. The van der Waals surface area contributed by atoms with Crippen LogP contribution < -0.4 is 10.1 Å². The zero-order chi connectivity index (χ0) is 18.4. The molecule has 0 aliphatic heterocycles. The van der Waals surface area contributed by atoms with Gasteiger partial charge in [-0.1, -0.05) is 49.7 Å². The van der Waals surface area contributed by atoms with Crippen molar-refractivity contribution >= 4 is 17.7 Å². The molecule has 2 aromatic rings. The Morgan fingerprint density at radius 2 is 2.04 bits per heavy atom. The van der Waals surface area contributed by atoms with E-state index in [4.69, 9.17) is 4.74 Å². The lowest BCUT2D eigenvalue weighted by atomic mass is 9.86. The van der Waals surface area contributed by atoms with E-state index >= 15 is 0 Å². The molecule has 140 valence electrons. The third-order valence-corrected chi connectivity index (χ3v) is 5.85. The quantitative estimate of drug-likeness (QED) is 0.754. The van der Waals surface area contributed by atoms with Crippen molar-refractivity contribution in [1.82, 2.24) is 20.1 Å². The highest BCUT2D eigenvalue weighted by molar-refractivity contribution is 7.99. The van der Waals surface area contributed by atoms with Crippen molar-refractivity contribution in [2.24, 2.45) is 13.0 Å². The van der Waals surface area contributed by atoms with Crippen molar-refractivity contribution in [2.75, 3.05) is 5.75 Å². The summed E-state index contributed by atoms with van der Waals surface area (Å²) >= 11 is 1.41. The van der Waals surface area contributed by atoms with Crippen molar-refractivity contribution in [2.45, 2.75) is 50.4 Å². The molecule has 0 radical (unpaired) electrons. The van der Waals surface area contributed by atoms with E-state index in [0.29, 0.717) is 24.3 Å². The molecule has 1 aliphatic carbocycles. The van der Waals surface area contributed by atoms with Crippen LogP contribution in [0.4, 0.5) is 0 Å². The maximum absolute atomic E-state index is 12.2. The second-order valence-electron chi connectivity index (χ2n) is 6.78. The Hall–Kier alpha value is -2.02. The average Bonchev–Trinajstić information content (AvgIpc) is 3.01. The zero-order valence-corrected chi connectivity index (χ0v) is 16.2. The van der Waals surface area contributed by atoms with Crippen molar-refractivity contribution in [3.05, 3.63) is 36.2 Å². The number of para-hydroxylation sites is 1. The van der Waals surface area contributed by atoms with Gasteiger partial charge in [0.05, 0.1) is 5.75 Å². The minimum atomic E-state index is 0.0684. The maximum Gasteiger partial charge on any atom is 0.230 e. The summed E-state index contributed by atoms with van der Waals surface area (Å²) in [6.07, 6.45) is 4.76. The molecule has 6 nitrogen and oxygen atoms in total. The van der Waals surface area contributed by atoms with Crippen LogP contribution in [0.2, 0.25) is 0 Å². The van der Waals surface area contributed by atoms with E-state index in [1.54, 1.807) is 0 Å². The molecule has 1 amide bonds. The van der Waals surface area contributed by atoms with Crippen molar-refractivity contribution < 1.29 is 9.53 Å². The van der Waals surface area contributed by atoms with Crippen LogP contribution in [0.15, 0.2) is 35.5 Å². The second-order valence-corrected chi connectivity index (χ2v) is 7.73. The molecule has 1 N–H and O–H groups in total. The fourth-order valence-corrected chi connectivity index (χ4v) is 3.91. The zero-order valence-electron chi connectivity index (χ0n) is 15.4. The molecule has 2 unspecified atom stereocenters. The van der Waals surface area contributed by atoms with Gasteiger partial charge in [-0.2, -0.15) is 0 Å². The smallest absolute Gasteiger partial charge is 0.230 e. The molecule has 1 saturated carbocycles. The first-order valence-corrected chi connectivity index (χ1v) is 10.1. The van der Waals surface area contributed by atoms with Crippen molar-refractivity contribution in [3.8, 4) is 5.75 Å². The minimum Gasteiger partial charge on any atom is -0.486 e. The number of thioether (sulfide) groups is 1. The van der Waals surface area contributed by atoms with Gasteiger partial charge >= 0.3 is 0 Å². The van der Waals surface area contributed by atoms with E-state index in [9.17, 15) is 4.79 Å². The summed E-state index contributed by atoms with van der Waals surface area (Å²) < 4.78 is 7.59. The Balaban J connectivity index is 1.47. The number of carbonyl (C=O) groups excluding carboxylic acids is 1. The van der Waals surface area contributed by atoms with Crippen LogP contribution in [0.25, 0.3) is 0 Å². The number of nitrogens with zero attached hydrogens (tertiary/aromatic N) is 3. The molecular weight excluding hydrogens is 348 g/mol. The van der Waals surface area contributed by atoms with Crippen LogP contribution in [0.5, 0.6) is 5.75 Å². The first-order valence-electron chi connectivity index (χ1n) is 9.12. The highest BCUT2D eigenvalue weighted by Crippen LogP contribution is 2.24. The molecule has 26 heavy (non-hydrogen) atoms. The molecule has 1 aromatic carbocycles. The van der Waals surface area contributed by atoms with E-state index in [1.807, 2.05) is 41.9 Å². The molecule has 7 heteroatoms. The summed E-state index contributed by atoms with van der Waals surface area (Å²) in [6, 6.07) is 9.93. The Morgan fingerprint density at radius 3 is 2.81 bits per heavy atom. The third kappa shape index (κ3) is 5.00. The molecule has 0 saturated heterocycles. The molecule has 0 bridgehead atoms. The monoisotopic (exact) mass is 374 g/mol. The lowest BCUT2D eigenvalue weighted by Gasteiger charge is -2.29. The topological polar surface area (TPSA) is 69.0 Å². The summed E-state index contributed by atoms with van der Waals surface area (Å²) in [7, 11) is 1.90. The van der Waals surface area contributed by atoms with E-state index in [-0.39, 0.29) is 5.91 Å². The number of amides is 1. The van der Waals surface area contributed by atoms with Crippen LogP contribution >= 0.6 is 11.8 Å². The van der Waals surface area contributed by atoms with E-state index in [2.05, 4.69) is 22.4 Å². The van der Waals surface area contributed by atoms with Crippen molar-refractivity contribution in [3.63, 3.8) is 0 Å². The van der Waals surface area contributed by atoms with Gasteiger partial charge in [0, 0.05) is 13.1 Å². The van der Waals surface area contributed by atoms with Crippen LogP contribution in [0.3, 0.4) is 0 Å². The predicted molar refractivity (Wildman–Crippen MR) is 102 cm³/mol. The lowest BCUT2D eigenvalue weighted by Crippen LogP contribution is -2.41.